The van der Waals surface area contributed by atoms with Crippen molar-refractivity contribution in [3.63, 3.8) is 0 Å². The number of hydrogen-bond acceptors (Lipinski definition) is 5. The molecule has 7 nitrogen and oxygen atoms in total. The van der Waals surface area contributed by atoms with Gasteiger partial charge < -0.3 is 10.6 Å². The van der Waals surface area contributed by atoms with Crippen molar-refractivity contribution in [3.8, 4) is 0 Å². The first kappa shape index (κ1) is 26.5. The molecule has 2 N–H and O–H groups in total. The predicted molar refractivity (Wildman–Crippen MR) is 147 cm³/mol. The maximum atomic E-state index is 13.3. The number of nitrogens with one attached hydrogen (secondary N) is 2. The van der Waals surface area contributed by atoms with E-state index in [1.54, 1.807) is 66.7 Å². The highest BCUT2D eigenvalue weighted by atomic mass is 32.2. The molecular weight excluding hydrogens is 500 g/mol. The zero-order chi connectivity index (χ0) is 27.3. The number of amides is 2. The first-order chi connectivity index (χ1) is 18.1. The van der Waals surface area contributed by atoms with Crippen molar-refractivity contribution < 1.29 is 22.8 Å². The lowest BCUT2D eigenvalue weighted by atomic mass is 9.99. The second kappa shape index (κ2) is 11.2. The topological polar surface area (TPSA) is 109 Å². The SMILES string of the molecule is Cc1ccc(S(=O)(=O)CC(=O)Nc2ccccc2C(=O)Nc2ccc(C)cc2C(=O)c2ccccc2)cc1. The predicted octanol–water partition coefficient (Wildman–Crippen LogP) is 5.20. The summed E-state index contributed by atoms with van der Waals surface area (Å²) in [6, 6.07) is 26.4. The van der Waals surface area contributed by atoms with Crippen molar-refractivity contribution in [2.45, 2.75) is 18.7 Å². The Hall–Kier alpha value is -4.56. The second-order valence-electron chi connectivity index (χ2n) is 8.86. The molecule has 4 rings (SSSR count). The van der Waals surface area contributed by atoms with E-state index in [0.717, 1.165) is 11.1 Å². The second-order valence-corrected chi connectivity index (χ2v) is 10.9. The Morgan fingerprint density at radius 2 is 1.26 bits per heavy atom. The molecular formula is C30H26N2O5S. The number of sulfone groups is 1. The molecule has 0 saturated heterocycles. The van der Waals surface area contributed by atoms with Crippen LogP contribution in [0.1, 0.15) is 37.4 Å². The summed E-state index contributed by atoms with van der Waals surface area (Å²) in [5.41, 5.74) is 3.15. The number of hydrogen-bond donors (Lipinski definition) is 2. The zero-order valence-electron chi connectivity index (χ0n) is 20.9. The lowest BCUT2D eigenvalue weighted by Crippen LogP contribution is -2.25. The highest BCUT2D eigenvalue weighted by Crippen LogP contribution is 2.24. The third-order valence-corrected chi connectivity index (χ3v) is 7.48. The van der Waals surface area contributed by atoms with Gasteiger partial charge in [-0.2, -0.15) is 0 Å². The molecule has 192 valence electrons. The van der Waals surface area contributed by atoms with E-state index in [1.807, 2.05) is 19.9 Å². The summed E-state index contributed by atoms with van der Waals surface area (Å²) in [6.07, 6.45) is 0. The van der Waals surface area contributed by atoms with Crippen molar-refractivity contribution in [3.05, 3.63) is 125 Å². The molecule has 0 saturated carbocycles. The van der Waals surface area contributed by atoms with Crippen LogP contribution in [-0.2, 0) is 14.6 Å². The molecule has 0 atom stereocenters. The Labute approximate surface area is 221 Å². The zero-order valence-corrected chi connectivity index (χ0v) is 21.7. The van der Waals surface area contributed by atoms with E-state index < -0.39 is 27.4 Å². The number of carbonyl (C=O) groups excluding carboxylic acids is 3. The Bertz CT molecular complexity index is 1610. The number of anilines is 2. The van der Waals surface area contributed by atoms with Crippen LogP contribution in [0.3, 0.4) is 0 Å². The van der Waals surface area contributed by atoms with Gasteiger partial charge >= 0.3 is 0 Å². The molecule has 0 unspecified atom stereocenters. The third-order valence-electron chi connectivity index (χ3n) is 5.85. The summed E-state index contributed by atoms with van der Waals surface area (Å²) in [5.74, 6) is -2.36. The molecule has 4 aromatic carbocycles. The molecule has 0 fully saturated rings. The fourth-order valence-electron chi connectivity index (χ4n) is 3.87. The van der Waals surface area contributed by atoms with Crippen LogP contribution in [-0.4, -0.2) is 31.8 Å². The van der Waals surface area contributed by atoms with Crippen LogP contribution in [0.5, 0.6) is 0 Å². The Balaban J connectivity index is 1.55. The average molecular weight is 527 g/mol. The molecule has 0 radical (unpaired) electrons. The monoisotopic (exact) mass is 526 g/mol. The van der Waals surface area contributed by atoms with Gasteiger partial charge in [0.2, 0.25) is 5.91 Å². The summed E-state index contributed by atoms with van der Waals surface area (Å²) in [6.45, 7) is 3.69. The number of para-hydroxylation sites is 1. The van der Waals surface area contributed by atoms with E-state index in [1.165, 1.54) is 24.3 Å². The van der Waals surface area contributed by atoms with Gasteiger partial charge in [0.05, 0.1) is 21.8 Å². The van der Waals surface area contributed by atoms with Crippen LogP contribution >= 0.6 is 0 Å². The van der Waals surface area contributed by atoms with Gasteiger partial charge in [-0.1, -0.05) is 71.8 Å². The summed E-state index contributed by atoms with van der Waals surface area (Å²) >= 11 is 0. The first-order valence-electron chi connectivity index (χ1n) is 11.8. The molecule has 38 heavy (non-hydrogen) atoms. The van der Waals surface area contributed by atoms with Gasteiger partial charge in [0.15, 0.2) is 15.6 Å². The van der Waals surface area contributed by atoms with Crippen molar-refractivity contribution in [1.29, 1.82) is 0 Å². The minimum Gasteiger partial charge on any atom is -0.324 e. The van der Waals surface area contributed by atoms with Gasteiger partial charge in [-0.05, 0) is 50.2 Å². The molecule has 0 aliphatic rings. The molecule has 0 bridgehead atoms. The maximum Gasteiger partial charge on any atom is 0.257 e. The van der Waals surface area contributed by atoms with E-state index in [4.69, 9.17) is 0 Å². The molecule has 8 heteroatoms. The maximum absolute atomic E-state index is 13.3. The number of ketones is 1. The molecule has 0 aliphatic heterocycles. The molecule has 0 spiro atoms. The number of aryl methyl sites for hydroxylation is 2. The van der Waals surface area contributed by atoms with E-state index >= 15 is 0 Å². The highest BCUT2D eigenvalue weighted by Gasteiger charge is 2.22. The van der Waals surface area contributed by atoms with Gasteiger partial charge in [0.1, 0.15) is 5.75 Å². The van der Waals surface area contributed by atoms with Crippen molar-refractivity contribution in [2.75, 3.05) is 16.4 Å². The number of benzene rings is 4. The van der Waals surface area contributed by atoms with Crippen LogP contribution in [0, 0.1) is 13.8 Å². The van der Waals surface area contributed by atoms with Crippen LogP contribution in [0.4, 0.5) is 11.4 Å². The lowest BCUT2D eigenvalue weighted by Gasteiger charge is -2.14. The van der Waals surface area contributed by atoms with Gasteiger partial charge in [0.25, 0.3) is 5.91 Å². The minimum atomic E-state index is -3.87. The largest absolute Gasteiger partial charge is 0.324 e. The van der Waals surface area contributed by atoms with Gasteiger partial charge in [-0.15, -0.1) is 0 Å². The van der Waals surface area contributed by atoms with Crippen molar-refractivity contribution in [2.24, 2.45) is 0 Å². The number of rotatable bonds is 8. The standard InChI is InChI=1S/C30H26N2O5S/c1-20-12-15-23(16-13-20)38(36,37)19-28(33)31-26-11-7-6-10-24(26)30(35)32-27-17-14-21(2)18-25(27)29(34)22-8-4-3-5-9-22/h3-18H,19H2,1-2H3,(H,31,33)(H,32,35). The minimum absolute atomic E-state index is 0.0410. The molecule has 0 heterocycles. The number of carbonyl (C=O) groups is 3. The third kappa shape index (κ3) is 6.22. The molecule has 4 aromatic rings. The molecule has 0 aliphatic carbocycles. The summed E-state index contributed by atoms with van der Waals surface area (Å²) < 4.78 is 25.4. The Morgan fingerprint density at radius 3 is 1.97 bits per heavy atom. The summed E-state index contributed by atoms with van der Waals surface area (Å²) in [5, 5.41) is 5.31. The Kier molecular flexibility index (Phi) is 7.83. The van der Waals surface area contributed by atoms with Gasteiger partial charge in [0, 0.05) is 11.1 Å². The van der Waals surface area contributed by atoms with E-state index in [9.17, 15) is 22.8 Å². The van der Waals surface area contributed by atoms with Crippen LogP contribution in [0.15, 0.2) is 102 Å². The van der Waals surface area contributed by atoms with Crippen LogP contribution < -0.4 is 10.6 Å². The van der Waals surface area contributed by atoms with Gasteiger partial charge in [-0.3, -0.25) is 14.4 Å². The normalized spacial score (nSPS) is 11.0. The average Bonchev–Trinajstić information content (AvgIpc) is 2.90. The molecule has 2 amide bonds. The lowest BCUT2D eigenvalue weighted by molar-refractivity contribution is -0.113. The molecule has 0 aromatic heterocycles. The van der Waals surface area contributed by atoms with Crippen LogP contribution in [0.2, 0.25) is 0 Å². The fraction of sp³-hybridized carbons (Fsp3) is 0.100. The fourth-order valence-corrected chi connectivity index (χ4v) is 5.00. The van der Waals surface area contributed by atoms with Crippen molar-refractivity contribution >= 4 is 38.8 Å². The Morgan fingerprint density at radius 1 is 0.658 bits per heavy atom. The highest BCUT2D eigenvalue weighted by molar-refractivity contribution is 7.92. The smallest absolute Gasteiger partial charge is 0.257 e. The summed E-state index contributed by atoms with van der Waals surface area (Å²) in [7, 11) is -3.87. The van der Waals surface area contributed by atoms with Crippen LogP contribution in [0.25, 0.3) is 0 Å². The van der Waals surface area contributed by atoms with E-state index in [-0.39, 0.29) is 21.9 Å². The van der Waals surface area contributed by atoms with E-state index in [2.05, 4.69) is 10.6 Å². The summed E-state index contributed by atoms with van der Waals surface area (Å²) in [4.78, 5) is 39.1. The van der Waals surface area contributed by atoms with Crippen molar-refractivity contribution in [1.82, 2.24) is 0 Å². The quantitative estimate of drug-likeness (QED) is 0.307. The van der Waals surface area contributed by atoms with Gasteiger partial charge in [-0.25, -0.2) is 8.42 Å². The first-order valence-corrected chi connectivity index (χ1v) is 13.5. The van der Waals surface area contributed by atoms with E-state index in [0.29, 0.717) is 16.8 Å².